The largest absolute Gasteiger partial charge is 0.349 e. The Bertz CT molecular complexity index is 844. The highest BCUT2D eigenvalue weighted by atomic mass is 32.2. The van der Waals surface area contributed by atoms with Gasteiger partial charge in [-0.05, 0) is 74.3 Å². The van der Waals surface area contributed by atoms with Gasteiger partial charge in [0.05, 0.1) is 18.0 Å². The number of nitrogens with zero attached hydrogens (tertiary/aromatic N) is 1. The van der Waals surface area contributed by atoms with Crippen LogP contribution in [0.3, 0.4) is 0 Å². The lowest BCUT2D eigenvalue weighted by Gasteiger charge is -2.56. The molecule has 1 N–H and O–H groups in total. The Morgan fingerprint density at radius 3 is 2.26 bits per heavy atom. The quantitative estimate of drug-likeness (QED) is 0.864. The molecule has 27 heavy (non-hydrogen) atoms. The van der Waals surface area contributed by atoms with E-state index in [1.54, 1.807) is 0 Å². The Morgan fingerprint density at radius 1 is 1.07 bits per heavy atom. The van der Waals surface area contributed by atoms with Gasteiger partial charge in [0.15, 0.2) is 0 Å². The summed E-state index contributed by atoms with van der Waals surface area (Å²) >= 11 is 0. The molecule has 1 atom stereocenters. The second-order valence-electron chi connectivity index (χ2n) is 9.41. The number of hydrogen-bond donors (Lipinski definition) is 1. The van der Waals surface area contributed by atoms with Gasteiger partial charge in [-0.3, -0.25) is 9.10 Å². The first-order valence-electron chi connectivity index (χ1n) is 10.2. The number of anilines is 1. The van der Waals surface area contributed by atoms with Gasteiger partial charge in [0.25, 0.3) is 0 Å². The van der Waals surface area contributed by atoms with Crippen molar-refractivity contribution in [1.82, 2.24) is 5.32 Å². The molecule has 0 aromatic heterocycles. The lowest BCUT2D eigenvalue weighted by Crippen LogP contribution is -2.54. The molecule has 4 bridgehead atoms. The fourth-order valence-electron chi connectivity index (χ4n) is 6.73. The van der Waals surface area contributed by atoms with E-state index in [0.29, 0.717) is 18.7 Å². The molecule has 1 aromatic carbocycles. The highest BCUT2D eigenvalue weighted by Gasteiger charge is 2.54. The number of nitrogens with one attached hydrogen (secondary N) is 1. The van der Waals surface area contributed by atoms with Gasteiger partial charge in [-0.15, -0.1) is 0 Å². The van der Waals surface area contributed by atoms with Crippen LogP contribution >= 0.6 is 0 Å². The van der Waals surface area contributed by atoms with E-state index in [4.69, 9.17) is 0 Å². The average molecular weight is 389 g/mol. The van der Waals surface area contributed by atoms with Gasteiger partial charge in [-0.1, -0.05) is 18.2 Å². The summed E-state index contributed by atoms with van der Waals surface area (Å²) in [6.45, 7) is 0.418. The Hall–Kier alpha value is -1.56. The minimum Gasteiger partial charge on any atom is -0.349 e. The smallest absolute Gasteiger partial charge is 0.232 e. The van der Waals surface area contributed by atoms with Crippen molar-refractivity contribution in [2.45, 2.75) is 51.0 Å². The van der Waals surface area contributed by atoms with Gasteiger partial charge in [-0.2, -0.15) is 0 Å². The third-order valence-corrected chi connectivity index (χ3v) is 8.61. The van der Waals surface area contributed by atoms with Crippen molar-refractivity contribution in [2.75, 3.05) is 17.1 Å². The summed E-state index contributed by atoms with van der Waals surface area (Å²) in [5, 5.41) is 3.34. The van der Waals surface area contributed by atoms with E-state index in [0.717, 1.165) is 42.6 Å². The lowest BCUT2D eigenvalue weighted by atomic mass is 9.49. The normalized spacial score (nSPS) is 37.1. The van der Waals surface area contributed by atoms with Crippen molar-refractivity contribution in [3.8, 4) is 0 Å². The van der Waals surface area contributed by atoms with E-state index >= 15 is 0 Å². The molecular weight excluding hydrogens is 360 g/mol. The first kappa shape index (κ1) is 17.5. The first-order chi connectivity index (χ1) is 12.8. The summed E-state index contributed by atoms with van der Waals surface area (Å²) in [4.78, 5) is 13.4. The zero-order valence-electron chi connectivity index (χ0n) is 15.9. The van der Waals surface area contributed by atoms with Crippen molar-refractivity contribution in [3.63, 3.8) is 0 Å². The summed E-state index contributed by atoms with van der Waals surface area (Å²) in [7, 11) is -3.31. The summed E-state index contributed by atoms with van der Waals surface area (Å²) in [6, 6.07) is 7.49. The number of amides is 1. The Balaban J connectivity index is 1.40. The molecule has 1 unspecified atom stereocenters. The molecule has 4 saturated carbocycles. The van der Waals surface area contributed by atoms with Gasteiger partial charge in [-0.25, -0.2) is 8.42 Å². The Labute approximate surface area is 161 Å². The van der Waals surface area contributed by atoms with Crippen LogP contribution in [0.2, 0.25) is 0 Å². The number of carbonyl (C=O) groups excluding carboxylic acids is 1. The number of para-hydroxylation sites is 1. The van der Waals surface area contributed by atoms with Crippen LogP contribution in [0.25, 0.3) is 0 Å². The van der Waals surface area contributed by atoms with Crippen LogP contribution in [-0.4, -0.2) is 27.1 Å². The van der Waals surface area contributed by atoms with Gasteiger partial charge < -0.3 is 5.32 Å². The third kappa shape index (κ3) is 2.87. The number of rotatable bonds is 3. The zero-order valence-corrected chi connectivity index (χ0v) is 16.7. The van der Waals surface area contributed by atoms with Crippen LogP contribution in [0.4, 0.5) is 5.69 Å². The van der Waals surface area contributed by atoms with Gasteiger partial charge in [0, 0.05) is 12.0 Å². The Kier molecular flexibility index (Phi) is 3.87. The van der Waals surface area contributed by atoms with Crippen LogP contribution in [0, 0.1) is 23.2 Å². The second kappa shape index (κ2) is 5.97. The van der Waals surface area contributed by atoms with Crippen molar-refractivity contribution in [3.05, 3.63) is 29.8 Å². The molecule has 0 radical (unpaired) electrons. The maximum absolute atomic E-state index is 13.4. The number of carbonyl (C=O) groups is 1. The van der Waals surface area contributed by atoms with Gasteiger partial charge in [0.2, 0.25) is 15.9 Å². The SMILES string of the molecule is CS(=O)(=O)N1CCC(NC(=O)C23CC4CC(CC(C4)C2)C3)c2ccccc21. The van der Waals surface area contributed by atoms with E-state index in [1.165, 1.54) is 29.8 Å². The van der Waals surface area contributed by atoms with Crippen LogP contribution in [0.1, 0.15) is 56.6 Å². The van der Waals surface area contributed by atoms with Gasteiger partial charge in [0.1, 0.15) is 0 Å². The summed E-state index contributed by atoms with van der Waals surface area (Å²) in [5.74, 6) is 2.43. The molecule has 1 aromatic rings. The second-order valence-corrected chi connectivity index (χ2v) is 11.3. The van der Waals surface area contributed by atoms with Crippen molar-refractivity contribution in [2.24, 2.45) is 23.2 Å². The molecule has 1 aliphatic heterocycles. The van der Waals surface area contributed by atoms with E-state index in [1.807, 2.05) is 24.3 Å². The predicted octanol–water partition coefficient (Wildman–Crippen LogP) is 3.23. The number of hydrogen-bond acceptors (Lipinski definition) is 3. The standard InChI is InChI=1S/C21H28N2O3S/c1-27(25,26)23-7-6-18(17-4-2-3-5-19(17)23)22-20(24)21-11-14-8-15(12-21)10-16(9-14)13-21/h2-5,14-16,18H,6-13H2,1H3,(H,22,24). The molecule has 146 valence electrons. The van der Waals surface area contributed by atoms with Crippen molar-refractivity contribution >= 4 is 21.6 Å². The van der Waals surface area contributed by atoms with Crippen LogP contribution in [0.5, 0.6) is 0 Å². The van der Waals surface area contributed by atoms with E-state index in [2.05, 4.69) is 5.32 Å². The monoisotopic (exact) mass is 388 g/mol. The predicted molar refractivity (Wildman–Crippen MR) is 105 cm³/mol. The maximum Gasteiger partial charge on any atom is 0.232 e. The molecule has 6 heteroatoms. The fraction of sp³-hybridized carbons (Fsp3) is 0.667. The minimum absolute atomic E-state index is 0.0975. The molecule has 5 nitrogen and oxygen atoms in total. The van der Waals surface area contributed by atoms with E-state index in [-0.39, 0.29) is 17.4 Å². The molecule has 0 saturated heterocycles. The van der Waals surface area contributed by atoms with E-state index < -0.39 is 10.0 Å². The average Bonchev–Trinajstić information content (AvgIpc) is 2.59. The van der Waals surface area contributed by atoms with Crippen molar-refractivity contribution in [1.29, 1.82) is 0 Å². The Morgan fingerprint density at radius 2 is 1.67 bits per heavy atom. The number of benzene rings is 1. The molecule has 4 fully saturated rings. The molecule has 6 rings (SSSR count). The molecule has 4 aliphatic carbocycles. The fourth-order valence-corrected chi connectivity index (χ4v) is 7.69. The summed E-state index contributed by atoms with van der Waals surface area (Å²) in [6.07, 6.45) is 8.99. The highest BCUT2D eigenvalue weighted by Crippen LogP contribution is 2.60. The van der Waals surface area contributed by atoms with Crippen LogP contribution in [-0.2, 0) is 14.8 Å². The minimum atomic E-state index is -3.31. The van der Waals surface area contributed by atoms with Crippen LogP contribution < -0.4 is 9.62 Å². The van der Waals surface area contributed by atoms with E-state index in [9.17, 15) is 13.2 Å². The van der Waals surface area contributed by atoms with Crippen molar-refractivity contribution < 1.29 is 13.2 Å². The molecule has 1 amide bonds. The summed E-state index contributed by atoms with van der Waals surface area (Å²) in [5.41, 5.74) is 1.46. The topological polar surface area (TPSA) is 66.5 Å². The third-order valence-electron chi connectivity index (χ3n) is 7.43. The summed E-state index contributed by atoms with van der Waals surface area (Å²) < 4.78 is 25.8. The lowest BCUT2D eigenvalue weighted by molar-refractivity contribution is -0.147. The zero-order chi connectivity index (χ0) is 18.8. The molecule has 1 heterocycles. The number of sulfonamides is 1. The maximum atomic E-state index is 13.4. The molecular formula is C21H28N2O3S. The molecule has 5 aliphatic rings. The molecule has 0 spiro atoms. The number of fused-ring (bicyclic) bond motifs is 1. The van der Waals surface area contributed by atoms with Crippen LogP contribution in [0.15, 0.2) is 24.3 Å². The first-order valence-corrected chi connectivity index (χ1v) is 12.1. The van der Waals surface area contributed by atoms with Gasteiger partial charge >= 0.3 is 0 Å². The highest BCUT2D eigenvalue weighted by molar-refractivity contribution is 7.92.